The van der Waals surface area contributed by atoms with Crippen molar-refractivity contribution in [1.29, 1.82) is 0 Å². The second kappa shape index (κ2) is 5.62. The van der Waals surface area contributed by atoms with Crippen LogP contribution in [0.5, 0.6) is 0 Å². The fourth-order valence-corrected chi connectivity index (χ4v) is 1.97. The molecule has 0 saturated heterocycles. The van der Waals surface area contributed by atoms with Crippen molar-refractivity contribution < 1.29 is 22.0 Å². The lowest BCUT2D eigenvalue weighted by Gasteiger charge is -2.10. The van der Waals surface area contributed by atoms with Gasteiger partial charge in [-0.05, 0) is 18.1 Å². The van der Waals surface area contributed by atoms with Gasteiger partial charge in [-0.3, -0.25) is 4.79 Å². The van der Waals surface area contributed by atoms with E-state index in [1.54, 1.807) is 0 Å². The Bertz CT molecular complexity index is 600. The largest absolute Gasteiger partial charge is 0.352 e. The Balaban J connectivity index is 3.22. The maximum atomic E-state index is 13.8. The van der Waals surface area contributed by atoms with E-state index in [9.17, 15) is 22.0 Å². The molecule has 0 aliphatic heterocycles. The van der Waals surface area contributed by atoms with Crippen molar-refractivity contribution in [3.05, 3.63) is 29.3 Å². The molecular weight excluding hydrogens is 278 g/mol. The van der Waals surface area contributed by atoms with Crippen LogP contribution in [-0.4, -0.2) is 20.9 Å². The van der Waals surface area contributed by atoms with Gasteiger partial charge in [-0.25, -0.2) is 22.3 Å². The molecule has 1 aromatic carbocycles. The van der Waals surface area contributed by atoms with Gasteiger partial charge in [-0.15, -0.1) is 0 Å². The van der Waals surface area contributed by atoms with Crippen molar-refractivity contribution in [2.75, 3.05) is 6.54 Å². The third-order valence-corrected chi connectivity index (χ3v) is 3.14. The highest BCUT2D eigenvalue weighted by molar-refractivity contribution is 7.89. The van der Waals surface area contributed by atoms with Gasteiger partial charge >= 0.3 is 0 Å². The van der Waals surface area contributed by atoms with Crippen molar-refractivity contribution in [3.63, 3.8) is 0 Å². The van der Waals surface area contributed by atoms with Crippen LogP contribution in [0.4, 0.5) is 8.78 Å². The van der Waals surface area contributed by atoms with Gasteiger partial charge in [-0.1, -0.05) is 13.8 Å². The molecule has 0 bridgehead atoms. The first kappa shape index (κ1) is 15.5. The molecule has 0 aromatic heterocycles. The minimum atomic E-state index is -4.44. The molecular formula is C11H14F2N2O3S. The van der Waals surface area contributed by atoms with Crippen LogP contribution in [0.3, 0.4) is 0 Å². The summed E-state index contributed by atoms with van der Waals surface area (Å²) in [6.07, 6.45) is 0. The maximum absolute atomic E-state index is 13.8. The summed E-state index contributed by atoms with van der Waals surface area (Å²) >= 11 is 0. The standard InChI is InChI=1S/C11H14F2N2O3S/c1-6(2)5-15-11(16)8-3-7(12)4-9(10(8)13)19(14,17)18/h3-4,6H,5H2,1-2H3,(H,15,16)(H2,14,17,18). The molecule has 8 heteroatoms. The molecule has 0 heterocycles. The third-order valence-electron chi connectivity index (χ3n) is 2.23. The summed E-state index contributed by atoms with van der Waals surface area (Å²) in [6.45, 7) is 3.88. The molecule has 0 saturated carbocycles. The number of rotatable bonds is 4. The Kier molecular flexibility index (Phi) is 4.59. The predicted octanol–water partition coefficient (Wildman–Crippen LogP) is 0.998. The molecule has 0 unspecified atom stereocenters. The number of primary sulfonamides is 1. The first-order valence-electron chi connectivity index (χ1n) is 5.43. The van der Waals surface area contributed by atoms with Gasteiger partial charge < -0.3 is 5.32 Å². The molecule has 0 atom stereocenters. The van der Waals surface area contributed by atoms with E-state index in [1.165, 1.54) is 0 Å². The predicted molar refractivity (Wildman–Crippen MR) is 64.9 cm³/mol. The lowest BCUT2D eigenvalue weighted by Crippen LogP contribution is -2.29. The highest BCUT2D eigenvalue weighted by Crippen LogP contribution is 2.19. The van der Waals surface area contributed by atoms with Crippen LogP contribution in [0.2, 0.25) is 0 Å². The van der Waals surface area contributed by atoms with Gasteiger partial charge in [0.25, 0.3) is 5.91 Å². The second-order valence-corrected chi connectivity index (χ2v) is 5.94. The number of nitrogens with two attached hydrogens (primary N) is 1. The summed E-state index contributed by atoms with van der Waals surface area (Å²) < 4.78 is 49.2. The fourth-order valence-electron chi connectivity index (χ4n) is 1.33. The van der Waals surface area contributed by atoms with Crippen LogP contribution in [0.15, 0.2) is 17.0 Å². The number of benzene rings is 1. The second-order valence-electron chi connectivity index (χ2n) is 4.41. The fraction of sp³-hybridized carbons (Fsp3) is 0.364. The first-order chi connectivity index (χ1) is 8.62. The van der Waals surface area contributed by atoms with Crippen molar-refractivity contribution in [1.82, 2.24) is 5.32 Å². The average molecular weight is 292 g/mol. The highest BCUT2D eigenvalue weighted by Gasteiger charge is 2.23. The lowest BCUT2D eigenvalue weighted by atomic mass is 10.1. The molecule has 1 rings (SSSR count). The number of carbonyl (C=O) groups excluding carboxylic acids is 1. The minimum absolute atomic E-state index is 0.110. The van der Waals surface area contributed by atoms with E-state index in [-0.39, 0.29) is 12.5 Å². The Hall–Kier alpha value is -1.54. The van der Waals surface area contributed by atoms with Gasteiger partial charge in [-0.2, -0.15) is 0 Å². The van der Waals surface area contributed by atoms with Crippen LogP contribution in [-0.2, 0) is 10.0 Å². The summed E-state index contributed by atoms with van der Waals surface area (Å²) in [6, 6.07) is 1.06. The van der Waals surface area contributed by atoms with Gasteiger partial charge in [0.05, 0.1) is 5.56 Å². The van der Waals surface area contributed by atoms with Crippen molar-refractivity contribution in [3.8, 4) is 0 Å². The monoisotopic (exact) mass is 292 g/mol. The third kappa shape index (κ3) is 3.97. The van der Waals surface area contributed by atoms with Gasteiger partial charge in [0.2, 0.25) is 10.0 Å². The topological polar surface area (TPSA) is 89.3 Å². The zero-order chi connectivity index (χ0) is 14.8. The number of halogens is 2. The van der Waals surface area contributed by atoms with E-state index in [1.807, 2.05) is 13.8 Å². The number of hydrogen-bond donors (Lipinski definition) is 2. The molecule has 0 spiro atoms. The van der Waals surface area contributed by atoms with E-state index >= 15 is 0 Å². The van der Waals surface area contributed by atoms with E-state index in [2.05, 4.69) is 5.32 Å². The van der Waals surface area contributed by atoms with Crippen LogP contribution >= 0.6 is 0 Å². The zero-order valence-corrected chi connectivity index (χ0v) is 11.2. The number of hydrogen-bond acceptors (Lipinski definition) is 3. The van der Waals surface area contributed by atoms with Crippen LogP contribution < -0.4 is 10.5 Å². The first-order valence-corrected chi connectivity index (χ1v) is 6.97. The van der Waals surface area contributed by atoms with Gasteiger partial charge in [0.15, 0.2) is 5.82 Å². The van der Waals surface area contributed by atoms with Crippen molar-refractivity contribution >= 4 is 15.9 Å². The SMILES string of the molecule is CC(C)CNC(=O)c1cc(F)cc(S(N)(=O)=O)c1F. The number of amides is 1. The summed E-state index contributed by atoms with van der Waals surface area (Å²) in [5, 5.41) is 7.12. The molecule has 5 nitrogen and oxygen atoms in total. The molecule has 0 radical (unpaired) electrons. The summed E-state index contributed by atoms with van der Waals surface area (Å²) in [7, 11) is -4.44. The molecule has 19 heavy (non-hydrogen) atoms. The number of nitrogens with one attached hydrogen (secondary N) is 1. The van der Waals surface area contributed by atoms with E-state index in [0.717, 1.165) is 0 Å². The van der Waals surface area contributed by atoms with Crippen molar-refractivity contribution in [2.24, 2.45) is 11.1 Å². The number of carbonyl (C=O) groups is 1. The van der Waals surface area contributed by atoms with Gasteiger partial charge in [0, 0.05) is 6.54 Å². The Morgan fingerprint density at radius 3 is 2.42 bits per heavy atom. The molecule has 0 fully saturated rings. The molecule has 106 valence electrons. The van der Waals surface area contributed by atoms with E-state index < -0.39 is 38.0 Å². The molecule has 1 aromatic rings. The highest BCUT2D eigenvalue weighted by atomic mass is 32.2. The Morgan fingerprint density at radius 2 is 1.95 bits per heavy atom. The quantitative estimate of drug-likeness (QED) is 0.867. The van der Waals surface area contributed by atoms with Gasteiger partial charge in [0.1, 0.15) is 10.7 Å². The zero-order valence-electron chi connectivity index (χ0n) is 10.4. The maximum Gasteiger partial charge on any atom is 0.254 e. The Morgan fingerprint density at radius 1 is 1.37 bits per heavy atom. The van der Waals surface area contributed by atoms with Crippen LogP contribution in [0.25, 0.3) is 0 Å². The normalized spacial score (nSPS) is 11.7. The summed E-state index contributed by atoms with van der Waals surface area (Å²) in [5.74, 6) is -3.20. The summed E-state index contributed by atoms with van der Waals surface area (Å²) in [5.41, 5.74) is -0.690. The summed E-state index contributed by atoms with van der Waals surface area (Å²) in [4.78, 5) is 10.6. The van der Waals surface area contributed by atoms with Crippen molar-refractivity contribution in [2.45, 2.75) is 18.7 Å². The molecule has 0 aliphatic rings. The minimum Gasteiger partial charge on any atom is -0.352 e. The smallest absolute Gasteiger partial charge is 0.254 e. The Labute approximate surface area is 109 Å². The molecule has 1 amide bonds. The van der Waals surface area contributed by atoms with Crippen LogP contribution in [0, 0.1) is 17.6 Å². The lowest BCUT2D eigenvalue weighted by molar-refractivity contribution is 0.0944. The molecule has 0 aliphatic carbocycles. The van der Waals surface area contributed by atoms with E-state index in [0.29, 0.717) is 12.1 Å². The van der Waals surface area contributed by atoms with Crippen LogP contribution in [0.1, 0.15) is 24.2 Å². The molecule has 3 N–H and O–H groups in total. The number of sulfonamides is 1. The average Bonchev–Trinajstić information content (AvgIpc) is 2.27. The van der Waals surface area contributed by atoms with E-state index in [4.69, 9.17) is 5.14 Å².